The van der Waals surface area contributed by atoms with Crippen LogP contribution in [-0.2, 0) is 11.3 Å². The van der Waals surface area contributed by atoms with Gasteiger partial charge in [0.2, 0.25) is 5.95 Å². The molecule has 1 atom stereocenters. The first kappa shape index (κ1) is 16.3. The molecular weight excluding hydrogens is 316 g/mol. The van der Waals surface area contributed by atoms with Gasteiger partial charge in [-0.1, -0.05) is 0 Å². The second-order valence-electron chi connectivity index (χ2n) is 7.13. The Kier molecular flexibility index (Phi) is 4.57. The molecule has 1 unspecified atom stereocenters. The summed E-state index contributed by atoms with van der Waals surface area (Å²) < 4.78 is 7.74. The van der Waals surface area contributed by atoms with Gasteiger partial charge in [-0.15, -0.1) is 0 Å². The van der Waals surface area contributed by atoms with Gasteiger partial charge in [0.05, 0.1) is 12.3 Å². The summed E-state index contributed by atoms with van der Waals surface area (Å²) in [5, 5.41) is 0. The van der Waals surface area contributed by atoms with E-state index in [4.69, 9.17) is 10.5 Å². The van der Waals surface area contributed by atoms with Gasteiger partial charge in [-0.3, -0.25) is 0 Å². The molecule has 4 heterocycles. The van der Waals surface area contributed by atoms with Crippen LogP contribution in [0.4, 0.5) is 11.8 Å². The first-order chi connectivity index (χ1) is 12.2. The molecule has 2 saturated heterocycles. The van der Waals surface area contributed by atoms with Crippen LogP contribution in [0.25, 0.3) is 0 Å². The Labute approximate surface area is 148 Å². The van der Waals surface area contributed by atoms with Crippen molar-refractivity contribution in [2.75, 3.05) is 36.9 Å². The van der Waals surface area contributed by atoms with Crippen molar-refractivity contribution in [3.63, 3.8) is 0 Å². The Bertz CT molecular complexity index is 716. The zero-order valence-electron chi connectivity index (χ0n) is 14.8. The first-order valence-electron chi connectivity index (χ1n) is 9.14. The molecule has 7 heteroatoms. The Morgan fingerprint density at radius 1 is 1.24 bits per heavy atom. The van der Waals surface area contributed by atoms with Crippen molar-refractivity contribution in [1.29, 1.82) is 0 Å². The monoisotopic (exact) mass is 342 g/mol. The van der Waals surface area contributed by atoms with E-state index in [1.807, 2.05) is 6.20 Å². The highest BCUT2D eigenvalue weighted by Crippen LogP contribution is 2.29. The van der Waals surface area contributed by atoms with Crippen molar-refractivity contribution in [1.82, 2.24) is 19.5 Å². The Morgan fingerprint density at radius 3 is 2.76 bits per heavy atom. The fraction of sp³-hybridized carbons (Fsp3) is 0.611. The molecule has 0 aliphatic carbocycles. The molecule has 2 aromatic heterocycles. The van der Waals surface area contributed by atoms with Crippen molar-refractivity contribution in [3.05, 3.63) is 30.0 Å². The Hall–Kier alpha value is -2.15. The van der Waals surface area contributed by atoms with Crippen LogP contribution < -0.4 is 10.6 Å². The predicted octanol–water partition coefficient (Wildman–Crippen LogP) is 1.98. The SMILES string of the molecule is Cc1nccn1CC1CCN(c2cc(C3CCOC3)nc(N)n2)CC1. The predicted molar refractivity (Wildman–Crippen MR) is 96.5 cm³/mol. The number of anilines is 2. The van der Waals surface area contributed by atoms with Crippen molar-refractivity contribution in [3.8, 4) is 0 Å². The standard InChI is InChI=1S/C18H26N6O/c1-13-20-5-8-24(13)11-14-2-6-23(7-3-14)17-10-16(21-18(19)22-17)15-4-9-25-12-15/h5,8,10,14-15H,2-4,6-7,9,11-12H2,1H3,(H2,19,21,22). The van der Waals surface area contributed by atoms with E-state index < -0.39 is 0 Å². The zero-order chi connectivity index (χ0) is 17.2. The minimum Gasteiger partial charge on any atom is -0.381 e. The lowest BCUT2D eigenvalue weighted by molar-refractivity contribution is 0.193. The summed E-state index contributed by atoms with van der Waals surface area (Å²) in [6.45, 7) is 6.68. The number of imidazole rings is 1. The van der Waals surface area contributed by atoms with E-state index in [9.17, 15) is 0 Å². The zero-order valence-corrected chi connectivity index (χ0v) is 14.8. The third-order valence-corrected chi connectivity index (χ3v) is 5.41. The summed E-state index contributed by atoms with van der Waals surface area (Å²) in [5.41, 5.74) is 6.99. The van der Waals surface area contributed by atoms with E-state index >= 15 is 0 Å². The van der Waals surface area contributed by atoms with Gasteiger partial charge < -0.3 is 19.9 Å². The molecule has 134 valence electrons. The number of nitrogens with zero attached hydrogens (tertiary/aromatic N) is 5. The minimum atomic E-state index is 0.353. The lowest BCUT2D eigenvalue weighted by Gasteiger charge is -2.33. The molecule has 0 radical (unpaired) electrons. The third kappa shape index (κ3) is 3.61. The molecule has 2 aromatic rings. The second-order valence-corrected chi connectivity index (χ2v) is 7.13. The van der Waals surface area contributed by atoms with Crippen LogP contribution in [0.1, 0.15) is 36.7 Å². The van der Waals surface area contributed by atoms with Gasteiger partial charge in [-0.05, 0) is 32.1 Å². The lowest BCUT2D eigenvalue weighted by Crippen LogP contribution is -2.36. The van der Waals surface area contributed by atoms with Crippen LogP contribution in [0.5, 0.6) is 0 Å². The number of hydrogen-bond donors (Lipinski definition) is 1. The molecule has 25 heavy (non-hydrogen) atoms. The molecule has 2 fully saturated rings. The van der Waals surface area contributed by atoms with Crippen LogP contribution >= 0.6 is 0 Å². The summed E-state index contributed by atoms with van der Waals surface area (Å²) in [6, 6.07) is 2.11. The molecule has 4 rings (SSSR count). The van der Waals surface area contributed by atoms with Crippen molar-refractivity contribution in [2.24, 2.45) is 5.92 Å². The lowest BCUT2D eigenvalue weighted by atomic mass is 9.96. The molecule has 0 bridgehead atoms. The van der Waals surface area contributed by atoms with E-state index in [1.54, 1.807) is 0 Å². The number of ether oxygens (including phenoxy) is 1. The van der Waals surface area contributed by atoms with Gasteiger partial charge in [0.25, 0.3) is 0 Å². The molecule has 0 spiro atoms. The quantitative estimate of drug-likeness (QED) is 0.915. The van der Waals surface area contributed by atoms with E-state index in [1.165, 1.54) is 0 Å². The van der Waals surface area contributed by atoms with Gasteiger partial charge in [-0.25, -0.2) is 9.97 Å². The topological polar surface area (TPSA) is 82.1 Å². The average Bonchev–Trinajstić information content (AvgIpc) is 3.28. The van der Waals surface area contributed by atoms with Crippen molar-refractivity contribution >= 4 is 11.8 Å². The highest BCUT2D eigenvalue weighted by Gasteiger charge is 2.24. The third-order valence-electron chi connectivity index (χ3n) is 5.41. The highest BCUT2D eigenvalue weighted by molar-refractivity contribution is 5.44. The van der Waals surface area contributed by atoms with E-state index in [-0.39, 0.29) is 0 Å². The number of aryl methyl sites for hydroxylation is 1. The smallest absolute Gasteiger partial charge is 0.222 e. The average molecular weight is 342 g/mol. The van der Waals surface area contributed by atoms with Gasteiger partial charge >= 0.3 is 0 Å². The molecular formula is C18H26N6O. The maximum absolute atomic E-state index is 5.97. The number of piperidine rings is 1. The summed E-state index contributed by atoms with van der Waals surface area (Å²) in [4.78, 5) is 15.6. The Morgan fingerprint density at radius 2 is 2.08 bits per heavy atom. The fourth-order valence-corrected chi connectivity index (χ4v) is 3.83. The van der Waals surface area contributed by atoms with Crippen LogP contribution in [0.3, 0.4) is 0 Å². The summed E-state index contributed by atoms with van der Waals surface area (Å²) in [7, 11) is 0. The van der Waals surface area contributed by atoms with Crippen LogP contribution in [0, 0.1) is 12.8 Å². The number of aromatic nitrogens is 4. The van der Waals surface area contributed by atoms with Gasteiger partial charge in [-0.2, -0.15) is 4.98 Å². The number of nitrogens with two attached hydrogens (primary N) is 1. The second kappa shape index (κ2) is 7.00. The minimum absolute atomic E-state index is 0.353. The molecule has 2 aliphatic rings. The van der Waals surface area contributed by atoms with Gasteiger partial charge in [0, 0.05) is 50.6 Å². The van der Waals surface area contributed by atoms with Crippen LogP contribution in [0.15, 0.2) is 18.5 Å². The van der Waals surface area contributed by atoms with Crippen LogP contribution in [0.2, 0.25) is 0 Å². The largest absolute Gasteiger partial charge is 0.381 e. The van der Waals surface area contributed by atoms with Crippen molar-refractivity contribution in [2.45, 2.75) is 38.6 Å². The van der Waals surface area contributed by atoms with E-state index in [0.29, 0.717) is 17.8 Å². The van der Waals surface area contributed by atoms with Gasteiger partial charge in [0.1, 0.15) is 11.6 Å². The summed E-state index contributed by atoms with van der Waals surface area (Å²) >= 11 is 0. The highest BCUT2D eigenvalue weighted by atomic mass is 16.5. The van der Waals surface area contributed by atoms with E-state index in [2.05, 4.69) is 43.6 Å². The van der Waals surface area contributed by atoms with E-state index in [0.717, 1.165) is 69.4 Å². The normalized spacial score (nSPS) is 21.8. The maximum Gasteiger partial charge on any atom is 0.222 e. The summed E-state index contributed by atoms with van der Waals surface area (Å²) in [6.07, 6.45) is 7.28. The van der Waals surface area contributed by atoms with Crippen molar-refractivity contribution < 1.29 is 4.74 Å². The summed E-state index contributed by atoms with van der Waals surface area (Å²) in [5.74, 6) is 3.47. The first-order valence-corrected chi connectivity index (χ1v) is 9.14. The number of nitrogen functional groups attached to an aromatic ring is 1. The maximum atomic E-state index is 5.97. The number of hydrogen-bond acceptors (Lipinski definition) is 6. The fourth-order valence-electron chi connectivity index (χ4n) is 3.83. The molecule has 0 aromatic carbocycles. The molecule has 7 nitrogen and oxygen atoms in total. The Balaban J connectivity index is 1.41. The molecule has 0 saturated carbocycles. The molecule has 0 amide bonds. The van der Waals surface area contributed by atoms with Gasteiger partial charge in [0.15, 0.2) is 0 Å². The molecule has 2 aliphatic heterocycles. The molecule has 2 N–H and O–H groups in total. The number of rotatable bonds is 4. The van der Waals surface area contributed by atoms with Crippen LogP contribution in [-0.4, -0.2) is 45.8 Å².